The number of alkyl halides is 3. The normalized spacial score (nSPS) is 13.6. The van der Waals surface area contributed by atoms with Gasteiger partial charge in [0.1, 0.15) is 11.6 Å². The van der Waals surface area contributed by atoms with Crippen molar-refractivity contribution in [2.24, 2.45) is 12.8 Å². The number of nitrogens with zero attached hydrogens (tertiary/aromatic N) is 2. The monoisotopic (exact) mass is 273 g/mol. The highest BCUT2D eigenvalue weighted by atomic mass is 19.4. The number of aryl methyl sites for hydroxylation is 1. The van der Waals surface area contributed by atoms with E-state index in [1.54, 1.807) is 17.8 Å². The van der Waals surface area contributed by atoms with Gasteiger partial charge in [-0.3, -0.25) is 0 Å². The van der Waals surface area contributed by atoms with E-state index >= 15 is 0 Å². The molecule has 2 rings (SSSR count). The highest BCUT2D eigenvalue weighted by Crippen LogP contribution is 2.32. The highest BCUT2D eigenvalue weighted by Gasteiger charge is 2.34. The zero-order valence-corrected chi connectivity index (χ0v) is 9.95. The first-order chi connectivity index (χ1) is 8.80. The second-order valence-corrected chi connectivity index (χ2v) is 4.11. The highest BCUT2D eigenvalue weighted by molar-refractivity contribution is 5.31. The number of hydrogen-bond donors (Lipinski definition) is 1. The summed E-state index contributed by atoms with van der Waals surface area (Å²) in [6, 6.07) is 1.86. The molecule has 3 nitrogen and oxygen atoms in total. The average Bonchev–Trinajstić information content (AvgIpc) is 2.72. The summed E-state index contributed by atoms with van der Waals surface area (Å²) in [6.45, 7) is 0. The van der Waals surface area contributed by atoms with Gasteiger partial charge in [-0.15, -0.1) is 0 Å². The van der Waals surface area contributed by atoms with Gasteiger partial charge in [-0.2, -0.15) is 13.2 Å². The zero-order chi connectivity index (χ0) is 14.2. The molecule has 0 saturated heterocycles. The maximum absolute atomic E-state index is 13.4. The minimum atomic E-state index is -4.71. The Bertz CT molecular complexity index is 589. The Kier molecular flexibility index (Phi) is 3.32. The van der Waals surface area contributed by atoms with Crippen molar-refractivity contribution in [2.75, 3.05) is 0 Å². The van der Waals surface area contributed by atoms with Gasteiger partial charge in [0.15, 0.2) is 0 Å². The Morgan fingerprint density at radius 3 is 2.47 bits per heavy atom. The molecule has 0 saturated carbocycles. The first-order valence-corrected chi connectivity index (χ1v) is 5.40. The molecule has 0 bridgehead atoms. The quantitative estimate of drug-likeness (QED) is 0.855. The second-order valence-electron chi connectivity index (χ2n) is 4.11. The van der Waals surface area contributed by atoms with Crippen LogP contribution in [-0.4, -0.2) is 9.55 Å². The lowest BCUT2D eigenvalue weighted by molar-refractivity contribution is -0.140. The van der Waals surface area contributed by atoms with Gasteiger partial charge >= 0.3 is 6.18 Å². The second kappa shape index (κ2) is 4.65. The minimum absolute atomic E-state index is 0.236. The van der Waals surface area contributed by atoms with Crippen molar-refractivity contribution in [1.29, 1.82) is 0 Å². The largest absolute Gasteiger partial charge is 0.419 e. The van der Waals surface area contributed by atoms with Crippen LogP contribution < -0.4 is 5.73 Å². The first kappa shape index (κ1) is 13.5. The summed E-state index contributed by atoms with van der Waals surface area (Å²) >= 11 is 0. The van der Waals surface area contributed by atoms with Crippen LogP contribution in [-0.2, 0) is 13.2 Å². The molecule has 0 aliphatic rings. The van der Waals surface area contributed by atoms with Gasteiger partial charge in [0.05, 0.1) is 11.6 Å². The Morgan fingerprint density at radius 2 is 2.00 bits per heavy atom. The van der Waals surface area contributed by atoms with Gasteiger partial charge in [0.2, 0.25) is 0 Å². The van der Waals surface area contributed by atoms with E-state index in [4.69, 9.17) is 5.73 Å². The Hall–Kier alpha value is -1.89. The molecule has 2 N–H and O–H groups in total. The van der Waals surface area contributed by atoms with Crippen LogP contribution in [0.15, 0.2) is 30.6 Å². The molecule has 0 amide bonds. The van der Waals surface area contributed by atoms with Gasteiger partial charge in [-0.05, 0) is 17.7 Å². The molecule has 1 atom stereocenters. The molecule has 19 heavy (non-hydrogen) atoms. The van der Waals surface area contributed by atoms with Crippen molar-refractivity contribution in [3.8, 4) is 0 Å². The van der Waals surface area contributed by atoms with Gasteiger partial charge in [0.25, 0.3) is 0 Å². The molecular formula is C12H11F4N3. The topological polar surface area (TPSA) is 43.8 Å². The van der Waals surface area contributed by atoms with Crippen molar-refractivity contribution in [2.45, 2.75) is 12.2 Å². The standard InChI is InChI=1S/C12H11F4N3/c1-19-5-4-18-11(19)10(17)7-2-3-8(9(13)6-7)12(14,15)16/h2-6,10H,17H2,1H3. The Labute approximate surface area is 106 Å². The fourth-order valence-electron chi connectivity index (χ4n) is 1.78. The molecule has 1 aromatic heterocycles. The number of aromatic nitrogens is 2. The molecule has 0 radical (unpaired) electrons. The number of nitrogens with two attached hydrogens (primary N) is 1. The predicted molar refractivity (Wildman–Crippen MR) is 60.6 cm³/mol. The number of halogens is 4. The van der Waals surface area contributed by atoms with Crippen molar-refractivity contribution in [3.63, 3.8) is 0 Å². The van der Waals surface area contributed by atoms with E-state index in [1.165, 1.54) is 6.20 Å². The lowest BCUT2D eigenvalue weighted by Gasteiger charge is -2.14. The van der Waals surface area contributed by atoms with Crippen LogP contribution in [0.1, 0.15) is 23.0 Å². The molecule has 7 heteroatoms. The fraction of sp³-hybridized carbons (Fsp3) is 0.250. The molecule has 102 valence electrons. The lowest BCUT2D eigenvalue weighted by Crippen LogP contribution is -2.17. The zero-order valence-electron chi connectivity index (χ0n) is 9.95. The van der Waals surface area contributed by atoms with Gasteiger partial charge in [-0.25, -0.2) is 9.37 Å². The van der Waals surface area contributed by atoms with E-state index < -0.39 is 23.6 Å². The summed E-state index contributed by atoms with van der Waals surface area (Å²) < 4.78 is 52.4. The van der Waals surface area contributed by atoms with E-state index in [1.807, 2.05) is 0 Å². The third-order valence-corrected chi connectivity index (χ3v) is 2.79. The van der Waals surface area contributed by atoms with Crippen molar-refractivity contribution >= 4 is 0 Å². The van der Waals surface area contributed by atoms with Crippen LogP contribution >= 0.6 is 0 Å². The van der Waals surface area contributed by atoms with Crippen molar-refractivity contribution < 1.29 is 17.6 Å². The van der Waals surface area contributed by atoms with Gasteiger partial charge in [-0.1, -0.05) is 6.07 Å². The molecule has 0 aliphatic carbocycles. The van der Waals surface area contributed by atoms with Gasteiger partial charge in [0, 0.05) is 19.4 Å². The van der Waals surface area contributed by atoms with Crippen LogP contribution in [0.4, 0.5) is 17.6 Å². The summed E-state index contributed by atoms with van der Waals surface area (Å²) in [5, 5.41) is 0. The first-order valence-electron chi connectivity index (χ1n) is 5.40. The fourth-order valence-corrected chi connectivity index (χ4v) is 1.78. The molecule has 0 fully saturated rings. The molecular weight excluding hydrogens is 262 g/mol. The Balaban J connectivity index is 2.38. The predicted octanol–water partition coefficient (Wildman–Crippen LogP) is 2.63. The SMILES string of the molecule is Cn1ccnc1C(N)c1ccc(C(F)(F)F)c(F)c1. The maximum atomic E-state index is 13.4. The molecule has 1 unspecified atom stereocenters. The van der Waals surface area contributed by atoms with Crippen molar-refractivity contribution in [3.05, 3.63) is 53.4 Å². The summed E-state index contributed by atoms with van der Waals surface area (Å²) in [5.41, 5.74) is 4.79. The average molecular weight is 273 g/mol. The maximum Gasteiger partial charge on any atom is 0.419 e. The third kappa shape index (κ3) is 2.60. The summed E-state index contributed by atoms with van der Waals surface area (Å²) in [6.07, 6.45) is -1.55. The van der Waals surface area contributed by atoms with E-state index in [0.29, 0.717) is 11.9 Å². The lowest BCUT2D eigenvalue weighted by atomic mass is 10.0. The van der Waals surface area contributed by atoms with Crippen LogP contribution in [0, 0.1) is 5.82 Å². The summed E-state index contributed by atoms with van der Waals surface area (Å²) in [7, 11) is 1.70. The van der Waals surface area contributed by atoms with E-state index in [0.717, 1.165) is 12.1 Å². The third-order valence-electron chi connectivity index (χ3n) is 2.79. The van der Waals surface area contributed by atoms with Gasteiger partial charge < -0.3 is 10.3 Å². The van der Waals surface area contributed by atoms with E-state index in [2.05, 4.69) is 4.98 Å². The number of hydrogen-bond acceptors (Lipinski definition) is 2. The number of benzene rings is 1. The van der Waals surface area contributed by atoms with Crippen LogP contribution in [0.2, 0.25) is 0 Å². The number of imidazole rings is 1. The summed E-state index contributed by atoms with van der Waals surface area (Å²) in [4.78, 5) is 3.99. The molecule has 2 aromatic rings. The van der Waals surface area contributed by atoms with Crippen LogP contribution in [0.25, 0.3) is 0 Å². The van der Waals surface area contributed by atoms with E-state index in [-0.39, 0.29) is 5.56 Å². The molecule has 1 aromatic carbocycles. The smallest absolute Gasteiger partial charge is 0.336 e. The van der Waals surface area contributed by atoms with E-state index in [9.17, 15) is 17.6 Å². The Morgan fingerprint density at radius 1 is 1.32 bits per heavy atom. The molecule has 0 aliphatic heterocycles. The summed E-state index contributed by atoms with van der Waals surface area (Å²) in [5.74, 6) is -0.895. The van der Waals surface area contributed by atoms with Crippen molar-refractivity contribution in [1.82, 2.24) is 9.55 Å². The molecule has 0 spiro atoms. The molecule has 1 heterocycles. The van der Waals surface area contributed by atoms with Crippen LogP contribution in [0.5, 0.6) is 0 Å². The van der Waals surface area contributed by atoms with Crippen LogP contribution in [0.3, 0.4) is 0 Å². The minimum Gasteiger partial charge on any atom is -0.336 e. The number of rotatable bonds is 2.